The van der Waals surface area contributed by atoms with Gasteiger partial charge in [-0.1, -0.05) is 0 Å². The van der Waals surface area contributed by atoms with Crippen molar-refractivity contribution in [3.8, 4) is 0 Å². The fourth-order valence-corrected chi connectivity index (χ4v) is 2.02. The van der Waals surface area contributed by atoms with Gasteiger partial charge in [0.1, 0.15) is 6.54 Å². The van der Waals surface area contributed by atoms with Gasteiger partial charge in [0.05, 0.1) is 18.4 Å². The molecular formula is C13H11F3N6O. The molecule has 0 saturated heterocycles. The molecule has 0 aliphatic heterocycles. The van der Waals surface area contributed by atoms with Crippen molar-refractivity contribution in [3.63, 3.8) is 0 Å². The van der Waals surface area contributed by atoms with Crippen LogP contribution in [0.2, 0.25) is 0 Å². The molecule has 1 N–H and O–H groups in total. The van der Waals surface area contributed by atoms with E-state index in [4.69, 9.17) is 0 Å². The van der Waals surface area contributed by atoms with Gasteiger partial charge in [-0.15, -0.1) is 10.2 Å². The predicted molar refractivity (Wildman–Crippen MR) is 72.1 cm³/mol. The molecule has 0 unspecified atom stereocenters. The fraction of sp³-hybridized carbons (Fsp3) is 0.231. The van der Waals surface area contributed by atoms with E-state index in [1.54, 1.807) is 17.0 Å². The highest BCUT2D eigenvalue weighted by atomic mass is 19.4. The van der Waals surface area contributed by atoms with Crippen LogP contribution in [-0.2, 0) is 24.1 Å². The number of carbonyl (C=O) groups excluding carboxylic acids is 1. The highest BCUT2D eigenvalue weighted by molar-refractivity contribution is 5.75. The van der Waals surface area contributed by atoms with Gasteiger partial charge in [0.25, 0.3) is 0 Å². The number of alkyl halides is 3. The zero-order chi connectivity index (χ0) is 16.4. The minimum atomic E-state index is -4.44. The van der Waals surface area contributed by atoms with E-state index in [1.165, 1.54) is 16.9 Å². The van der Waals surface area contributed by atoms with Gasteiger partial charge in [0.2, 0.25) is 5.91 Å². The normalized spacial score (nSPS) is 11.8. The average Bonchev–Trinajstić information content (AvgIpc) is 3.13. The minimum Gasteiger partial charge on any atom is -0.347 e. The monoisotopic (exact) mass is 324 g/mol. The lowest BCUT2D eigenvalue weighted by molar-refractivity contribution is -0.137. The lowest BCUT2D eigenvalue weighted by Gasteiger charge is -2.07. The van der Waals surface area contributed by atoms with Gasteiger partial charge in [-0.2, -0.15) is 13.2 Å². The summed E-state index contributed by atoms with van der Waals surface area (Å²) >= 11 is 0. The first-order valence-corrected chi connectivity index (χ1v) is 6.57. The zero-order valence-electron chi connectivity index (χ0n) is 11.7. The number of hydrogen-bond donors (Lipinski definition) is 1. The summed E-state index contributed by atoms with van der Waals surface area (Å²) in [5.74, 6) is 0.0689. The van der Waals surface area contributed by atoms with Crippen molar-refractivity contribution >= 4 is 11.6 Å². The number of nitrogens with one attached hydrogen (secondary N) is 1. The molecule has 3 aromatic heterocycles. The third-order valence-electron chi connectivity index (χ3n) is 3.14. The van der Waals surface area contributed by atoms with Crippen LogP contribution in [0.1, 0.15) is 11.4 Å². The standard InChI is InChI=1S/C13H11F3N6O/c14-13(15,16)9-1-3-22-10(5-9)19-20-11(22)6-18-12(23)7-21-4-2-17-8-21/h1-5,8H,6-7H2,(H,18,23). The second-order valence-corrected chi connectivity index (χ2v) is 4.77. The SMILES string of the molecule is O=C(Cn1ccnc1)NCc1nnc2cc(C(F)(F)F)ccn12. The predicted octanol–water partition coefficient (Wildman–Crippen LogP) is 1.26. The number of aromatic nitrogens is 5. The summed E-state index contributed by atoms with van der Waals surface area (Å²) in [6, 6.07) is 1.84. The molecule has 7 nitrogen and oxygen atoms in total. The number of nitrogens with zero attached hydrogens (tertiary/aromatic N) is 5. The second-order valence-electron chi connectivity index (χ2n) is 4.77. The Balaban J connectivity index is 1.70. The van der Waals surface area contributed by atoms with Crippen LogP contribution >= 0.6 is 0 Å². The molecule has 1 amide bonds. The van der Waals surface area contributed by atoms with E-state index in [9.17, 15) is 18.0 Å². The Morgan fingerprint density at radius 3 is 2.78 bits per heavy atom. The number of rotatable bonds is 4. The highest BCUT2D eigenvalue weighted by Gasteiger charge is 2.31. The largest absolute Gasteiger partial charge is 0.416 e. The van der Waals surface area contributed by atoms with E-state index >= 15 is 0 Å². The quantitative estimate of drug-likeness (QED) is 0.784. The van der Waals surface area contributed by atoms with E-state index in [0.717, 1.165) is 12.1 Å². The molecule has 23 heavy (non-hydrogen) atoms. The Bertz CT molecular complexity index is 824. The Morgan fingerprint density at radius 2 is 2.09 bits per heavy atom. The summed E-state index contributed by atoms with van der Waals surface area (Å²) in [6.07, 6.45) is 1.50. The number of carbonyl (C=O) groups is 1. The van der Waals surface area contributed by atoms with Crippen LogP contribution in [-0.4, -0.2) is 30.1 Å². The molecule has 0 radical (unpaired) electrons. The lowest BCUT2D eigenvalue weighted by Crippen LogP contribution is -2.27. The highest BCUT2D eigenvalue weighted by Crippen LogP contribution is 2.29. The third-order valence-corrected chi connectivity index (χ3v) is 3.14. The molecule has 120 valence electrons. The van der Waals surface area contributed by atoms with E-state index in [0.29, 0.717) is 5.82 Å². The summed E-state index contributed by atoms with van der Waals surface area (Å²) < 4.78 is 40.9. The molecule has 0 aromatic carbocycles. The second kappa shape index (κ2) is 5.71. The first kappa shape index (κ1) is 15.0. The van der Waals surface area contributed by atoms with Crippen LogP contribution in [0.15, 0.2) is 37.1 Å². The Hall–Kier alpha value is -2.91. The van der Waals surface area contributed by atoms with Crippen LogP contribution in [0.25, 0.3) is 5.65 Å². The minimum absolute atomic E-state index is 0.0556. The molecule has 0 atom stereocenters. The molecule has 0 saturated carbocycles. The average molecular weight is 324 g/mol. The van der Waals surface area contributed by atoms with Crippen LogP contribution in [0.5, 0.6) is 0 Å². The number of pyridine rings is 1. The van der Waals surface area contributed by atoms with Gasteiger partial charge in [0.15, 0.2) is 11.5 Å². The molecule has 0 fully saturated rings. The fourth-order valence-electron chi connectivity index (χ4n) is 2.02. The Labute approximate surface area is 127 Å². The molecule has 3 aromatic rings. The van der Waals surface area contributed by atoms with Gasteiger partial charge in [0, 0.05) is 18.6 Å². The summed E-state index contributed by atoms with van der Waals surface area (Å²) in [4.78, 5) is 15.6. The maximum atomic E-state index is 12.6. The van der Waals surface area contributed by atoms with Crippen LogP contribution in [0.4, 0.5) is 13.2 Å². The third kappa shape index (κ3) is 3.30. The maximum Gasteiger partial charge on any atom is 0.416 e. The number of amides is 1. The summed E-state index contributed by atoms with van der Waals surface area (Å²) in [7, 11) is 0. The van der Waals surface area contributed by atoms with Crippen molar-refractivity contribution < 1.29 is 18.0 Å². The van der Waals surface area contributed by atoms with Crippen LogP contribution < -0.4 is 5.32 Å². The summed E-state index contributed by atoms with van der Waals surface area (Å²) in [5, 5.41) is 10.1. The summed E-state index contributed by atoms with van der Waals surface area (Å²) in [6.45, 7) is 0.148. The molecule has 3 rings (SSSR count). The van der Waals surface area contributed by atoms with Gasteiger partial charge in [-0.25, -0.2) is 4.98 Å². The van der Waals surface area contributed by atoms with Crippen LogP contribution in [0.3, 0.4) is 0 Å². The molecule has 0 aliphatic carbocycles. The number of hydrogen-bond acceptors (Lipinski definition) is 4. The first-order valence-electron chi connectivity index (χ1n) is 6.57. The Morgan fingerprint density at radius 1 is 1.26 bits per heavy atom. The van der Waals surface area contributed by atoms with Crippen molar-refractivity contribution in [1.29, 1.82) is 0 Å². The van der Waals surface area contributed by atoms with Crippen molar-refractivity contribution in [1.82, 2.24) is 29.5 Å². The topological polar surface area (TPSA) is 77.1 Å². The number of halogens is 3. The van der Waals surface area contributed by atoms with Gasteiger partial charge in [-0.3, -0.25) is 9.20 Å². The molecule has 0 spiro atoms. The Kier molecular flexibility index (Phi) is 3.72. The number of imidazole rings is 1. The van der Waals surface area contributed by atoms with E-state index in [2.05, 4.69) is 20.5 Å². The smallest absolute Gasteiger partial charge is 0.347 e. The molecule has 0 aliphatic rings. The van der Waals surface area contributed by atoms with Gasteiger partial charge in [-0.05, 0) is 12.1 Å². The number of fused-ring (bicyclic) bond motifs is 1. The summed E-state index contributed by atoms with van der Waals surface area (Å²) in [5.41, 5.74) is -0.730. The van der Waals surface area contributed by atoms with Crippen molar-refractivity contribution in [2.24, 2.45) is 0 Å². The zero-order valence-corrected chi connectivity index (χ0v) is 11.7. The van der Waals surface area contributed by atoms with Crippen molar-refractivity contribution in [3.05, 3.63) is 48.4 Å². The molecule has 10 heteroatoms. The first-order chi connectivity index (χ1) is 10.9. The van der Waals surface area contributed by atoms with E-state index in [-0.39, 0.29) is 24.6 Å². The molecular weight excluding hydrogens is 313 g/mol. The van der Waals surface area contributed by atoms with Crippen LogP contribution in [0, 0.1) is 0 Å². The van der Waals surface area contributed by atoms with E-state index < -0.39 is 11.7 Å². The molecule has 3 heterocycles. The molecule has 0 bridgehead atoms. The maximum absolute atomic E-state index is 12.6. The van der Waals surface area contributed by atoms with Gasteiger partial charge >= 0.3 is 6.18 Å². The lowest BCUT2D eigenvalue weighted by atomic mass is 10.2. The van der Waals surface area contributed by atoms with Crippen molar-refractivity contribution in [2.75, 3.05) is 0 Å². The van der Waals surface area contributed by atoms with Gasteiger partial charge < -0.3 is 9.88 Å². The van der Waals surface area contributed by atoms with Crippen molar-refractivity contribution in [2.45, 2.75) is 19.3 Å². The van der Waals surface area contributed by atoms with E-state index in [1.807, 2.05) is 0 Å².